The fourth-order valence-corrected chi connectivity index (χ4v) is 3.40. The van der Waals surface area contributed by atoms with Crippen molar-refractivity contribution in [1.29, 1.82) is 0 Å². The van der Waals surface area contributed by atoms with Gasteiger partial charge in [-0.15, -0.1) is 0 Å². The number of hydrogen-bond acceptors (Lipinski definition) is 4. The molecule has 2 aromatic heterocycles. The van der Waals surface area contributed by atoms with Gasteiger partial charge in [-0.25, -0.2) is 18.6 Å². The first-order chi connectivity index (χ1) is 14.9. The number of rotatable bonds is 5. The van der Waals surface area contributed by atoms with Gasteiger partial charge in [-0.2, -0.15) is 0 Å². The van der Waals surface area contributed by atoms with Crippen molar-refractivity contribution in [1.82, 2.24) is 9.55 Å². The Morgan fingerprint density at radius 2 is 1.87 bits per heavy atom. The molecule has 0 aliphatic heterocycles. The number of ether oxygens (including phenoxy) is 1. The molecule has 1 N–H and O–H groups in total. The van der Waals surface area contributed by atoms with E-state index in [1.54, 1.807) is 24.4 Å². The van der Waals surface area contributed by atoms with E-state index < -0.39 is 28.6 Å². The molecule has 6 nitrogen and oxygen atoms in total. The van der Waals surface area contributed by atoms with Crippen molar-refractivity contribution in [3.8, 4) is 17.0 Å². The summed E-state index contributed by atoms with van der Waals surface area (Å²) in [5, 5.41) is 9.26. The van der Waals surface area contributed by atoms with Crippen LogP contribution in [0.25, 0.3) is 22.0 Å². The zero-order valence-electron chi connectivity index (χ0n) is 16.3. The molecular formula is C23H16F2N2O4. The predicted octanol–water partition coefficient (Wildman–Crippen LogP) is 4.10. The highest BCUT2D eigenvalue weighted by atomic mass is 19.1. The Balaban J connectivity index is 1.78. The van der Waals surface area contributed by atoms with Crippen LogP contribution in [0.5, 0.6) is 5.88 Å². The lowest BCUT2D eigenvalue weighted by Crippen LogP contribution is -2.20. The standard InChI is InChI=1S/C23H16F2N2O4/c1-31-20-8-7-14(10-26-20)13-5-6-15(19(25)9-13)11-27-12-17(23(29)30)22(28)16-3-2-4-18(24)21(16)27/h2-10,12H,11H2,1H3,(H,29,30). The summed E-state index contributed by atoms with van der Waals surface area (Å²) >= 11 is 0. The maximum Gasteiger partial charge on any atom is 0.341 e. The van der Waals surface area contributed by atoms with E-state index in [0.29, 0.717) is 17.0 Å². The topological polar surface area (TPSA) is 81.4 Å². The summed E-state index contributed by atoms with van der Waals surface area (Å²) in [4.78, 5) is 28.0. The number of fused-ring (bicyclic) bond motifs is 1. The first kappa shape index (κ1) is 20.2. The van der Waals surface area contributed by atoms with Gasteiger partial charge in [-0.3, -0.25) is 4.79 Å². The minimum atomic E-state index is -1.44. The summed E-state index contributed by atoms with van der Waals surface area (Å²) in [6, 6.07) is 11.8. The van der Waals surface area contributed by atoms with Crippen LogP contribution in [0.3, 0.4) is 0 Å². The van der Waals surface area contributed by atoms with E-state index in [1.165, 1.54) is 35.9 Å². The zero-order chi connectivity index (χ0) is 22.1. The number of hydrogen-bond donors (Lipinski definition) is 1. The van der Waals surface area contributed by atoms with Crippen LogP contribution in [0.2, 0.25) is 0 Å². The van der Waals surface area contributed by atoms with Crippen molar-refractivity contribution < 1.29 is 23.4 Å². The number of aromatic nitrogens is 2. The number of carboxylic acid groups (broad SMARTS) is 1. The number of benzene rings is 2. The second kappa shape index (κ2) is 7.98. The summed E-state index contributed by atoms with van der Waals surface area (Å²) in [6.07, 6.45) is 2.59. The van der Waals surface area contributed by atoms with E-state index >= 15 is 0 Å². The second-order valence-electron chi connectivity index (χ2n) is 6.84. The van der Waals surface area contributed by atoms with Gasteiger partial charge in [-0.05, 0) is 29.8 Å². The van der Waals surface area contributed by atoms with Gasteiger partial charge in [0.2, 0.25) is 11.3 Å². The quantitative estimate of drug-likeness (QED) is 0.524. The lowest BCUT2D eigenvalue weighted by molar-refractivity contribution is 0.0695. The predicted molar refractivity (Wildman–Crippen MR) is 110 cm³/mol. The molecule has 156 valence electrons. The molecular weight excluding hydrogens is 406 g/mol. The van der Waals surface area contributed by atoms with Crippen LogP contribution < -0.4 is 10.2 Å². The van der Waals surface area contributed by atoms with Crippen molar-refractivity contribution in [2.24, 2.45) is 0 Å². The summed E-state index contributed by atoms with van der Waals surface area (Å²) < 4.78 is 35.6. The molecule has 0 atom stereocenters. The monoisotopic (exact) mass is 422 g/mol. The number of halogens is 2. The van der Waals surface area contributed by atoms with Crippen molar-refractivity contribution in [3.05, 3.63) is 93.9 Å². The molecule has 4 aromatic rings. The molecule has 2 aromatic carbocycles. The van der Waals surface area contributed by atoms with Crippen LogP contribution in [-0.2, 0) is 6.54 Å². The molecule has 0 bridgehead atoms. The fraction of sp³-hybridized carbons (Fsp3) is 0.0870. The van der Waals surface area contributed by atoms with E-state index in [2.05, 4.69) is 4.98 Å². The van der Waals surface area contributed by atoms with Crippen LogP contribution >= 0.6 is 0 Å². The van der Waals surface area contributed by atoms with Crippen LogP contribution in [-0.4, -0.2) is 27.7 Å². The van der Waals surface area contributed by atoms with Gasteiger partial charge in [0, 0.05) is 35.0 Å². The van der Waals surface area contributed by atoms with Crippen molar-refractivity contribution in [2.75, 3.05) is 7.11 Å². The minimum absolute atomic E-state index is 0.0822. The maximum absolute atomic E-state index is 14.9. The van der Waals surface area contributed by atoms with Crippen molar-refractivity contribution >= 4 is 16.9 Å². The van der Waals surface area contributed by atoms with Gasteiger partial charge < -0.3 is 14.4 Å². The van der Waals surface area contributed by atoms with Crippen LogP contribution in [0, 0.1) is 11.6 Å². The zero-order valence-corrected chi connectivity index (χ0v) is 16.3. The van der Waals surface area contributed by atoms with E-state index in [0.717, 1.165) is 12.3 Å². The summed E-state index contributed by atoms with van der Waals surface area (Å²) in [5.74, 6) is -2.27. The molecule has 31 heavy (non-hydrogen) atoms. The Labute approximate surface area is 175 Å². The van der Waals surface area contributed by atoms with Gasteiger partial charge >= 0.3 is 5.97 Å². The number of carboxylic acids is 1. The molecule has 0 saturated heterocycles. The molecule has 0 spiro atoms. The van der Waals surface area contributed by atoms with E-state index in [4.69, 9.17) is 4.74 Å². The highest BCUT2D eigenvalue weighted by Gasteiger charge is 2.18. The molecule has 0 fully saturated rings. The smallest absolute Gasteiger partial charge is 0.341 e. The van der Waals surface area contributed by atoms with Crippen LogP contribution in [0.4, 0.5) is 8.78 Å². The largest absolute Gasteiger partial charge is 0.481 e. The first-order valence-electron chi connectivity index (χ1n) is 9.23. The van der Waals surface area contributed by atoms with E-state index in [-0.39, 0.29) is 23.0 Å². The van der Waals surface area contributed by atoms with Crippen LogP contribution in [0.1, 0.15) is 15.9 Å². The molecule has 8 heteroatoms. The van der Waals surface area contributed by atoms with Gasteiger partial charge in [-0.1, -0.05) is 18.2 Å². The highest BCUT2D eigenvalue weighted by Crippen LogP contribution is 2.24. The third kappa shape index (κ3) is 3.75. The maximum atomic E-state index is 14.9. The summed E-state index contributed by atoms with van der Waals surface area (Å²) in [6.45, 7) is -0.162. The lowest BCUT2D eigenvalue weighted by Gasteiger charge is -2.14. The molecule has 0 aliphatic carbocycles. The van der Waals surface area contributed by atoms with Crippen LogP contribution in [0.15, 0.2) is 65.7 Å². The Hall–Kier alpha value is -4.07. The number of aromatic carboxylic acids is 1. The summed E-state index contributed by atoms with van der Waals surface area (Å²) in [5.41, 5.74) is 0.0773. The second-order valence-corrected chi connectivity index (χ2v) is 6.84. The average molecular weight is 422 g/mol. The number of pyridine rings is 2. The third-order valence-electron chi connectivity index (χ3n) is 4.95. The van der Waals surface area contributed by atoms with Crippen molar-refractivity contribution in [2.45, 2.75) is 6.54 Å². The Morgan fingerprint density at radius 3 is 2.52 bits per heavy atom. The molecule has 0 saturated carbocycles. The third-order valence-corrected chi connectivity index (χ3v) is 4.95. The molecule has 0 unspecified atom stereocenters. The minimum Gasteiger partial charge on any atom is -0.481 e. The van der Waals surface area contributed by atoms with Gasteiger partial charge in [0.15, 0.2) is 0 Å². The number of carbonyl (C=O) groups is 1. The average Bonchev–Trinajstić information content (AvgIpc) is 2.77. The summed E-state index contributed by atoms with van der Waals surface area (Å²) in [7, 11) is 1.50. The normalized spacial score (nSPS) is 10.9. The van der Waals surface area contributed by atoms with Gasteiger partial charge in [0.1, 0.15) is 17.2 Å². The Bertz CT molecular complexity index is 1360. The Morgan fingerprint density at radius 1 is 1.10 bits per heavy atom. The van der Waals surface area contributed by atoms with Gasteiger partial charge in [0.25, 0.3) is 0 Å². The number of para-hydroxylation sites is 1. The highest BCUT2D eigenvalue weighted by molar-refractivity contribution is 5.92. The van der Waals surface area contributed by atoms with Gasteiger partial charge in [0.05, 0.1) is 19.2 Å². The van der Waals surface area contributed by atoms with Crippen molar-refractivity contribution in [3.63, 3.8) is 0 Å². The first-order valence-corrected chi connectivity index (χ1v) is 9.23. The Kier molecular flexibility index (Phi) is 5.21. The molecule has 0 aliphatic rings. The fourth-order valence-electron chi connectivity index (χ4n) is 3.40. The van der Waals surface area contributed by atoms with E-state index in [1.807, 2.05) is 0 Å². The molecule has 0 amide bonds. The number of nitrogens with zero attached hydrogens (tertiary/aromatic N) is 2. The molecule has 0 radical (unpaired) electrons. The van der Waals surface area contributed by atoms with E-state index in [9.17, 15) is 23.5 Å². The SMILES string of the molecule is COc1ccc(-c2ccc(Cn3cc(C(=O)O)c(=O)c4cccc(F)c43)c(F)c2)cn1. The number of methoxy groups -OCH3 is 1. The lowest BCUT2D eigenvalue weighted by atomic mass is 10.0. The molecule has 2 heterocycles. The molecule has 4 rings (SSSR count).